The van der Waals surface area contributed by atoms with E-state index in [2.05, 4.69) is 10.3 Å². The second-order valence-electron chi connectivity index (χ2n) is 5.32. The largest absolute Gasteiger partial charge is 0.379 e. The Labute approximate surface area is 143 Å². The van der Waals surface area contributed by atoms with E-state index in [-0.39, 0.29) is 18.2 Å². The van der Waals surface area contributed by atoms with Crippen LogP contribution in [-0.2, 0) is 14.8 Å². The first kappa shape index (κ1) is 17.1. The number of fused-ring (bicyclic) bond motifs is 1. The predicted molar refractivity (Wildman–Crippen MR) is 92.5 cm³/mol. The molecule has 0 atom stereocenters. The van der Waals surface area contributed by atoms with Crippen LogP contribution in [0.15, 0.2) is 18.2 Å². The normalized spacial score (nSPS) is 16.3. The van der Waals surface area contributed by atoms with Gasteiger partial charge in [0.2, 0.25) is 10.0 Å². The van der Waals surface area contributed by atoms with Crippen LogP contribution in [0.25, 0.3) is 10.2 Å². The van der Waals surface area contributed by atoms with Crippen LogP contribution in [0, 0.1) is 0 Å². The number of sulfonamides is 1. The molecule has 2 heterocycles. The maximum atomic E-state index is 12.2. The van der Waals surface area contributed by atoms with Gasteiger partial charge in [0, 0.05) is 25.2 Å². The number of hydrogen-bond donors (Lipinski definition) is 2. The number of nitrogens with two attached hydrogens (primary N) is 1. The maximum Gasteiger partial charge on any atom is 0.251 e. The Morgan fingerprint density at radius 3 is 2.88 bits per heavy atom. The van der Waals surface area contributed by atoms with Gasteiger partial charge in [0.25, 0.3) is 5.91 Å². The Hall–Kier alpha value is -1.75. The van der Waals surface area contributed by atoms with E-state index in [4.69, 9.17) is 10.5 Å². The highest BCUT2D eigenvalue weighted by Crippen LogP contribution is 2.24. The van der Waals surface area contributed by atoms with Crippen molar-refractivity contribution in [3.8, 4) is 0 Å². The van der Waals surface area contributed by atoms with Crippen LogP contribution in [0.3, 0.4) is 0 Å². The van der Waals surface area contributed by atoms with Gasteiger partial charge in [-0.25, -0.2) is 13.4 Å². The average Bonchev–Trinajstić information content (AvgIpc) is 2.94. The number of nitrogens with one attached hydrogen (secondary N) is 1. The number of amides is 1. The van der Waals surface area contributed by atoms with Gasteiger partial charge in [0.1, 0.15) is 0 Å². The third-order valence-corrected chi connectivity index (χ3v) is 6.41. The molecule has 0 spiro atoms. The molecule has 1 aromatic heterocycles. The molecule has 24 heavy (non-hydrogen) atoms. The van der Waals surface area contributed by atoms with Crippen LogP contribution in [-0.4, -0.2) is 62.2 Å². The maximum absolute atomic E-state index is 12.2. The van der Waals surface area contributed by atoms with E-state index in [9.17, 15) is 13.2 Å². The molecule has 1 saturated heterocycles. The van der Waals surface area contributed by atoms with E-state index in [1.807, 2.05) is 0 Å². The number of ether oxygens (including phenoxy) is 1. The molecule has 10 heteroatoms. The number of hydrogen-bond acceptors (Lipinski definition) is 7. The minimum Gasteiger partial charge on any atom is -0.379 e. The van der Waals surface area contributed by atoms with Crippen molar-refractivity contribution < 1.29 is 17.9 Å². The zero-order chi connectivity index (χ0) is 17.2. The molecule has 1 amide bonds. The smallest absolute Gasteiger partial charge is 0.251 e. The molecule has 0 aliphatic carbocycles. The first-order chi connectivity index (χ1) is 11.5. The van der Waals surface area contributed by atoms with Gasteiger partial charge in [0.15, 0.2) is 5.13 Å². The molecule has 130 valence electrons. The van der Waals surface area contributed by atoms with Crippen molar-refractivity contribution in [2.75, 3.05) is 44.3 Å². The molecule has 3 N–H and O–H groups in total. The van der Waals surface area contributed by atoms with Gasteiger partial charge < -0.3 is 15.8 Å². The average molecular weight is 370 g/mol. The highest BCUT2D eigenvalue weighted by molar-refractivity contribution is 7.89. The Kier molecular flexibility index (Phi) is 4.99. The number of benzene rings is 1. The monoisotopic (exact) mass is 370 g/mol. The van der Waals surface area contributed by atoms with Crippen molar-refractivity contribution in [3.05, 3.63) is 23.8 Å². The molecule has 1 fully saturated rings. The Balaban J connectivity index is 1.58. The summed E-state index contributed by atoms with van der Waals surface area (Å²) in [5.41, 5.74) is 6.73. The van der Waals surface area contributed by atoms with E-state index in [1.165, 1.54) is 15.6 Å². The molecule has 1 aliphatic rings. The van der Waals surface area contributed by atoms with Crippen LogP contribution >= 0.6 is 11.3 Å². The molecule has 1 aromatic carbocycles. The summed E-state index contributed by atoms with van der Waals surface area (Å²) < 4.78 is 31.8. The number of aromatic nitrogens is 1. The highest BCUT2D eigenvalue weighted by atomic mass is 32.2. The third kappa shape index (κ3) is 3.83. The fourth-order valence-electron chi connectivity index (χ4n) is 2.44. The van der Waals surface area contributed by atoms with E-state index in [1.54, 1.807) is 18.2 Å². The molecule has 8 nitrogen and oxygen atoms in total. The summed E-state index contributed by atoms with van der Waals surface area (Å²) in [6, 6.07) is 5.10. The summed E-state index contributed by atoms with van der Waals surface area (Å²) in [7, 11) is -3.38. The van der Waals surface area contributed by atoms with Gasteiger partial charge in [-0.1, -0.05) is 11.3 Å². The van der Waals surface area contributed by atoms with Gasteiger partial charge in [-0.3, -0.25) is 4.79 Å². The van der Waals surface area contributed by atoms with Crippen molar-refractivity contribution in [2.24, 2.45) is 0 Å². The molecule has 3 rings (SSSR count). The zero-order valence-corrected chi connectivity index (χ0v) is 14.5. The summed E-state index contributed by atoms with van der Waals surface area (Å²) in [6.45, 7) is 1.58. The standard InChI is InChI=1S/C14H18N4O4S2/c15-14-17-11-9-10(1-2-12(11)23-14)13(19)16-3-8-24(20,21)18-4-6-22-7-5-18/h1-2,9H,3-8H2,(H2,15,17)(H,16,19). The van der Waals surface area contributed by atoms with Crippen molar-refractivity contribution in [2.45, 2.75) is 0 Å². The van der Waals surface area contributed by atoms with Gasteiger partial charge in [-0.15, -0.1) is 0 Å². The number of rotatable bonds is 5. The third-order valence-electron chi connectivity index (χ3n) is 3.68. The van der Waals surface area contributed by atoms with Gasteiger partial charge >= 0.3 is 0 Å². The highest BCUT2D eigenvalue weighted by Gasteiger charge is 2.24. The number of nitrogen functional groups attached to an aromatic ring is 1. The SMILES string of the molecule is Nc1nc2cc(C(=O)NCCS(=O)(=O)N3CCOCC3)ccc2s1. The lowest BCUT2D eigenvalue weighted by Gasteiger charge is -2.26. The van der Waals surface area contributed by atoms with E-state index in [0.29, 0.717) is 42.5 Å². The van der Waals surface area contributed by atoms with Crippen molar-refractivity contribution >= 4 is 42.6 Å². The van der Waals surface area contributed by atoms with Crippen LogP contribution in [0.4, 0.5) is 5.13 Å². The minimum absolute atomic E-state index is 0.0514. The number of nitrogens with zero attached hydrogens (tertiary/aromatic N) is 2. The quantitative estimate of drug-likeness (QED) is 0.781. The number of morpholine rings is 1. The Morgan fingerprint density at radius 2 is 2.12 bits per heavy atom. The first-order valence-electron chi connectivity index (χ1n) is 7.45. The van der Waals surface area contributed by atoms with Crippen LogP contribution in [0.2, 0.25) is 0 Å². The van der Waals surface area contributed by atoms with Gasteiger partial charge in [0.05, 0.1) is 29.2 Å². The van der Waals surface area contributed by atoms with E-state index >= 15 is 0 Å². The summed E-state index contributed by atoms with van der Waals surface area (Å²) in [6.07, 6.45) is 0. The molecular weight excluding hydrogens is 352 g/mol. The Bertz CT molecular complexity index is 844. The van der Waals surface area contributed by atoms with Gasteiger partial charge in [-0.05, 0) is 18.2 Å². The summed E-state index contributed by atoms with van der Waals surface area (Å²) in [4.78, 5) is 16.3. The minimum atomic E-state index is -3.38. The lowest BCUT2D eigenvalue weighted by atomic mass is 10.2. The number of thiazole rings is 1. The zero-order valence-electron chi connectivity index (χ0n) is 12.9. The van der Waals surface area contributed by atoms with Crippen LogP contribution in [0.5, 0.6) is 0 Å². The van der Waals surface area contributed by atoms with Gasteiger partial charge in [-0.2, -0.15) is 4.31 Å². The van der Waals surface area contributed by atoms with Crippen molar-refractivity contribution in [3.63, 3.8) is 0 Å². The van der Waals surface area contributed by atoms with E-state index < -0.39 is 10.0 Å². The molecule has 1 aliphatic heterocycles. The number of anilines is 1. The topological polar surface area (TPSA) is 115 Å². The first-order valence-corrected chi connectivity index (χ1v) is 9.88. The fourth-order valence-corrected chi connectivity index (χ4v) is 4.47. The molecule has 0 saturated carbocycles. The fraction of sp³-hybridized carbons (Fsp3) is 0.429. The molecule has 0 unspecified atom stereocenters. The van der Waals surface area contributed by atoms with E-state index in [0.717, 1.165) is 4.70 Å². The molecular formula is C14H18N4O4S2. The lowest BCUT2D eigenvalue weighted by Crippen LogP contribution is -2.43. The lowest BCUT2D eigenvalue weighted by molar-refractivity contribution is 0.0730. The molecule has 0 bridgehead atoms. The number of carbonyl (C=O) groups excluding carboxylic acids is 1. The van der Waals surface area contributed by atoms with Crippen molar-refractivity contribution in [1.29, 1.82) is 0 Å². The van der Waals surface area contributed by atoms with Crippen molar-refractivity contribution in [1.82, 2.24) is 14.6 Å². The summed E-state index contributed by atoms with van der Waals surface area (Å²) in [5, 5.41) is 3.08. The Morgan fingerprint density at radius 1 is 1.38 bits per heavy atom. The predicted octanol–water partition coefficient (Wildman–Crippen LogP) is 0.270. The van der Waals surface area contributed by atoms with Crippen LogP contribution in [0.1, 0.15) is 10.4 Å². The summed E-state index contributed by atoms with van der Waals surface area (Å²) in [5.74, 6) is -0.467. The number of carbonyl (C=O) groups is 1. The van der Waals surface area contributed by atoms with Crippen LogP contribution < -0.4 is 11.1 Å². The second kappa shape index (κ2) is 7.01. The summed E-state index contributed by atoms with van der Waals surface area (Å²) >= 11 is 1.35. The molecule has 2 aromatic rings. The molecule has 0 radical (unpaired) electrons. The second-order valence-corrected chi connectivity index (χ2v) is 8.47.